The van der Waals surface area contributed by atoms with Gasteiger partial charge in [0.2, 0.25) is 10.0 Å². The summed E-state index contributed by atoms with van der Waals surface area (Å²) >= 11 is 0. The van der Waals surface area contributed by atoms with Crippen LogP contribution in [0.4, 0.5) is 11.4 Å². The number of hydrogen-bond acceptors (Lipinski definition) is 6. The van der Waals surface area contributed by atoms with Crippen molar-refractivity contribution >= 4 is 21.4 Å². The quantitative estimate of drug-likeness (QED) is 0.548. The minimum absolute atomic E-state index is 0.0451. The van der Waals surface area contributed by atoms with Gasteiger partial charge >= 0.3 is 0 Å². The van der Waals surface area contributed by atoms with Gasteiger partial charge in [-0.1, -0.05) is 30.3 Å². The molecule has 1 saturated heterocycles. The van der Waals surface area contributed by atoms with Crippen LogP contribution in [0.2, 0.25) is 0 Å². The van der Waals surface area contributed by atoms with Crippen molar-refractivity contribution in [3.63, 3.8) is 0 Å². The first-order valence-electron chi connectivity index (χ1n) is 9.64. The third kappa shape index (κ3) is 4.26. The van der Waals surface area contributed by atoms with Gasteiger partial charge in [-0.05, 0) is 30.4 Å². The zero-order valence-electron chi connectivity index (χ0n) is 15.9. The molecule has 1 aliphatic carbocycles. The first-order valence-corrected chi connectivity index (χ1v) is 11.1. The lowest BCUT2D eigenvalue weighted by molar-refractivity contribution is -0.385. The van der Waals surface area contributed by atoms with Gasteiger partial charge in [0.1, 0.15) is 4.90 Å². The fourth-order valence-electron chi connectivity index (χ4n) is 3.61. The summed E-state index contributed by atoms with van der Waals surface area (Å²) in [7, 11) is -3.90. The molecule has 1 atom stereocenters. The summed E-state index contributed by atoms with van der Waals surface area (Å²) in [5.74, 6) is 0.409. The first-order chi connectivity index (χ1) is 14.0. The normalized spacial score (nSPS) is 18.9. The van der Waals surface area contributed by atoms with E-state index in [2.05, 4.69) is 5.32 Å². The first kappa shape index (κ1) is 19.8. The number of nitrogens with one attached hydrogen (secondary N) is 1. The van der Waals surface area contributed by atoms with Gasteiger partial charge in [0, 0.05) is 25.2 Å². The summed E-state index contributed by atoms with van der Waals surface area (Å²) < 4.78 is 33.2. The highest BCUT2D eigenvalue weighted by Gasteiger charge is 2.35. The van der Waals surface area contributed by atoms with Crippen molar-refractivity contribution < 1.29 is 18.1 Å². The van der Waals surface area contributed by atoms with E-state index in [1.54, 1.807) is 0 Å². The molecule has 4 rings (SSSR count). The van der Waals surface area contributed by atoms with Crippen molar-refractivity contribution in [2.24, 2.45) is 5.92 Å². The summed E-state index contributed by atoms with van der Waals surface area (Å²) in [5, 5.41) is 14.7. The molecule has 0 amide bonds. The van der Waals surface area contributed by atoms with Crippen LogP contribution in [-0.4, -0.2) is 43.9 Å². The highest BCUT2D eigenvalue weighted by Crippen LogP contribution is 2.44. The van der Waals surface area contributed by atoms with Crippen LogP contribution in [0, 0.1) is 16.0 Å². The monoisotopic (exact) mass is 417 g/mol. The van der Waals surface area contributed by atoms with Gasteiger partial charge in [0.25, 0.3) is 5.69 Å². The molecule has 8 nitrogen and oxygen atoms in total. The second kappa shape index (κ2) is 8.10. The van der Waals surface area contributed by atoms with Crippen LogP contribution >= 0.6 is 0 Å². The SMILES string of the molecule is O=[N+]([O-])c1ccc(NC(c2ccccc2)C2CC2)c(S(=O)(=O)N2CCOCC2)c1. The Labute approximate surface area is 169 Å². The van der Waals surface area contributed by atoms with Crippen LogP contribution in [0.3, 0.4) is 0 Å². The van der Waals surface area contributed by atoms with Gasteiger partial charge in [-0.3, -0.25) is 10.1 Å². The Bertz CT molecular complexity index is 986. The second-order valence-electron chi connectivity index (χ2n) is 7.32. The number of nitro benzene ring substituents is 1. The molecule has 1 heterocycles. The molecule has 0 aromatic heterocycles. The smallest absolute Gasteiger partial charge is 0.270 e. The van der Waals surface area contributed by atoms with Crippen molar-refractivity contribution in [1.29, 1.82) is 0 Å². The zero-order valence-corrected chi connectivity index (χ0v) is 16.7. The summed E-state index contributed by atoms with van der Waals surface area (Å²) in [5.41, 5.74) is 1.22. The molecular weight excluding hydrogens is 394 g/mol. The van der Waals surface area contributed by atoms with E-state index in [9.17, 15) is 18.5 Å². The Hall–Kier alpha value is -2.49. The number of hydrogen-bond donors (Lipinski definition) is 1. The summed E-state index contributed by atoms with van der Waals surface area (Å²) in [6.07, 6.45) is 2.12. The number of sulfonamides is 1. The molecule has 154 valence electrons. The molecule has 1 aliphatic heterocycles. The van der Waals surface area contributed by atoms with E-state index in [-0.39, 0.29) is 29.7 Å². The van der Waals surface area contributed by atoms with Gasteiger partial charge in [-0.25, -0.2) is 8.42 Å². The van der Waals surface area contributed by atoms with Crippen molar-refractivity contribution in [1.82, 2.24) is 4.31 Å². The minimum Gasteiger partial charge on any atom is -0.379 e. The lowest BCUT2D eigenvalue weighted by Crippen LogP contribution is -2.40. The van der Waals surface area contributed by atoms with Crippen molar-refractivity contribution in [3.8, 4) is 0 Å². The Morgan fingerprint density at radius 3 is 2.41 bits per heavy atom. The van der Waals surface area contributed by atoms with Crippen LogP contribution < -0.4 is 5.32 Å². The largest absolute Gasteiger partial charge is 0.379 e. The fourth-order valence-corrected chi connectivity index (χ4v) is 5.20. The molecule has 29 heavy (non-hydrogen) atoms. The van der Waals surface area contributed by atoms with E-state index in [1.165, 1.54) is 16.4 Å². The average Bonchev–Trinajstić information content (AvgIpc) is 3.58. The predicted molar refractivity (Wildman–Crippen MR) is 108 cm³/mol. The van der Waals surface area contributed by atoms with E-state index in [4.69, 9.17) is 4.74 Å². The van der Waals surface area contributed by atoms with Crippen molar-refractivity contribution in [3.05, 3.63) is 64.2 Å². The number of non-ortho nitro benzene ring substituents is 1. The van der Waals surface area contributed by atoms with Gasteiger partial charge < -0.3 is 10.1 Å². The Morgan fingerprint density at radius 1 is 1.10 bits per heavy atom. The van der Waals surface area contributed by atoms with Gasteiger partial charge in [0.15, 0.2) is 0 Å². The fraction of sp³-hybridized carbons (Fsp3) is 0.400. The Balaban J connectivity index is 1.73. The summed E-state index contributed by atoms with van der Waals surface area (Å²) in [4.78, 5) is 10.7. The standard InChI is InChI=1S/C20H23N3O5S/c24-23(25)17-8-9-18(19(14-17)29(26,27)22-10-12-28-13-11-22)21-20(16-6-7-16)15-4-2-1-3-5-15/h1-5,8-9,14,16,20-21H,6-7,10-13H2. The number of morpholine rings is 1. The lowest BCUT2D eigenvalue weighted by Gasteiger charge is -2.28. The Kier molecular flexibility index (Phi) is 5.53. The van der Waals surface area contributed by atoms with E-state index in [0.29, 0.717) is 24.8 Å². The summed E-state index contributed by atoms with van der Waals surface area (Å²) in [6, 6.07) is 13.8. The molecule has 0 radical (unpaired) electrons. The molecular formula is C20H23N3O5S. The molecule has 1 N–H and O–H groups in total. The molecule has 1 unspecified atom stereocenters. The molecule has 2 aromatic rings. The van der Waals surface area contributed by atoms with E-state index in [1.807, 2.05) is 30.3 Å². The molecule has 2 aromatic carbocycles. The highest BCUT2D eigenvalue weighted by molar-refractivity contribution is 7.89. The maximum Gasteiger partial charge on any atom is 0.270 e. The van der Waals surface area contributed by atoms with Crippen LogP contribution in [0.25, 0.3) is 0 Å². The van der Waals surface area contributed by atoms with Crippen LogP contribution in [-0.2, 0) is 14.8 Å². The molecule has 0 bridgehead atoms. The van der Waals surface area contributed by atoms with Crippen molar-refractivity contribution in [2.45, 2.75) is 23.8 Å². The Morgan fingerprint density at radius 2 is 1.79 bits per heavy atom. The van der Waals surface area contributed by atoms with Crippen LogP contribution in [0.5, 0.6) is 0 Å². The predicted octanol–water partition coefficient (Wildman–Crippen LogP) is 3.18. The molecule has 0 spiro atoms. The number of ether oxygens (including phenoxy) is 1. The molecule has 9 heteroatoms. The number of nitro groups is 1. The van der Waals surface area contributed by atoms with Gasteiger partial charge in [-0.2, -0.15) is 4.31 Å². The molecule has 1 saturated carbocycles. The third-order valence-corrected chi connectivity index (χ3v) is 7.27. The average molecular weight is 417 g/mol. The number of nitrogens with zero attached hydrogens (tertiary/aromatic N) is 2. The number of benzene rings is 2. The minimum atomic E-state index is -3.90. The molecule has 2 aliphatic rings. The lowest BCUT2D eigenvalue weighted by atomic mass is 10.0. The number of anilines is 1. The zero-order chi connectivity index (χ0) is 20.4. The maximum atomic E-state index is 13.3. The van der Waals surface area contributed by atoms with Crippen molar-refractivity contribution in [2.75, 3.05) is 31.6 Å². The van der Waals surface area contributed by atoms with Crippen LogP contribution in [0.15, 0.2) is 53.4 Å². The van der Waals surface area contributed by atoms with Gasteiger partial charge in [0.05, 0.1) is 29.9 Å². The van der Waals surface area contributed by atoms with Gasteiger partial charge in [-0.15, -0.1) is 0 Å². The van der Waals surface area contributed by atoms with E-state index >= 15 is 0 Å². The maximum absolute atomic E-state index is 13.3. The van der Waals surface area contributed by atoms with E-state index in [0.717, 1.165) is 24.5 Å². The number of rotatable bonds is 7. The summed E-state index contributed by atoms with van der Waals surface area (Å²) in [6.45, 7) is 1.08. The topological polar surface area (TPSA) is 102 Å². The molecule has 2 fully saturated rings. The third-order valence-electron chi connectivity index (χ3n) is 5.33. The van der Waals surface area contributed by atoms with E-state index < -0.39 is 14.9 Å². The highest BCUT2D eigenvalue weighted by atomic mass is 32.2. The van der Waals surface area contributed by atoms with Crippen LogP contribution in [0.1, 0.15) is 24.4 Å². The second-order valence-corrected chi connectivity index (χ2v) is 9.23.